The van der Waals surface area contributed by atoms with Crippen LogP contribution in [0.2, 0.25) is 0 Å². The molecule has 0 saturated heterocycles. The highest BCUT2D eigenvalue weighted by Gasteiger charge is 2.18. The van der Waals surface area contributed by atoms with Gasteiger partial charge in [0.15, 0.2) is 0 Å². The molecule has 0 bridgehead atoms. The van der Waals surface area contributed by atoms with Crippen molar-refractivity contribution in [1.29, 1.82) is 0 Å². The Kier molecular flexibility index (Phi) is 4.21. The lowest BCUT2D eigenvalue weighted by Crippen LogP contribution is -2.19. The average molecular weight is 277 g/mol. The first-order valence-corrected chi connectivity index (χ1v) is 7.85. The maximum absolute atomic E-state index is 3.59. The van der Waals surface area contributed by atoms with E-state index in [2.05, 4.69) is 73.8 Å². The largest absolute Gasteiger partial charge is 0.310 e. The highest BCUT2D eigenvalue weighted by atomic mass is 14.9. The number of fused-ring (bicyclic) bond motifs is 3. The zero-order valence-corrected chi connectivity index (χ0v) is 12.9. The van der Waals surface area contributed by atoms with Gasteiger partial charge in [0.1, 0.15) is 0 Å². The van der Waals surface area contributed by atoms with Gasteiger partial charge < -0.3 is 5.32 Å². The van der Waals surface area contributed by atoms with Crippen molar-refractivity contribution in [2.75, 3.05) is 6.54 Å². The molecule has 1 nitrogen and oxygen atoms in total. The van der Waals surface area contributed by atoms with E-state index in [4.69, 9.17) is 0 Å². The van der Waals surface area contributed by atoms with Crippen LogP contribution in [0.1, 0.15) is 43.0 Å². The molecule has 21 heavy (non-hydrogen) atoms. The molecule has 0 aliphatic heterocycles. The van der Waals surface area contributed by atoms with Crippen molar-refractivity contribution in [3.8, 4) is 11.1 Å². The molecule has 0 spiro atoms. The van der Waals surface area contributed by atoms with Gasteiger partial charge in [-0.25, -0.2) is 0 Å². The Morgan fingerprint density at radius 3 is 2.76 bits per heavy atom. The van der Waals surface area contributed by atoms with Crippen molar-refractivity contribution in [2.45, 2.75) is 32.7 Å². The quantitative estimate of drug-likeness (QED) is 0.518. The molecular formula is C20H23N. The summed E-state index contributed by atoms with van der Waals surface area (Å²) < 4.78 is 0. The minimum absolute atomic E-state index is 0.407. The predicted octanol–water partition coefficient (Wildman–Crippen LogP) is 4.87. The maximum atomic E-state index is 3.59. The lowest BCUT2D eigenvalue weighted by molar-refractivity contribution is 0.581. The fourth-order valence-electron chi connectivity index (χ4n) is 3.10. The third kappa shape index (κ3) is 2.93. The van der Waals surface area contributed by atoms with E-state index in [1.54, 1.807) is 0 Å². The average Bonchev–Trinajstić information content (AvgIpc) is 2.89. The van der Waals surface area contributed by atoms with Crippen LogP contribution in [-0.2, 0) is 6.42 Å². The summed E-state index contributed by atoms with van der Waals surface area (Å²) in [6, 6.07) is 16.1. The second-order valence-electron chi connectivity index (χ2n) is 5.78. The number of rotatable bonds is 5. The Hall–Kier alpha value is -1.86. The summed E-state index contributed by atoms with van der Waals surface area (Å²) in [4.78, 5) is 0. The molecule has 2 aromatic rings. The first-order valence-electron chi connectivity index (χ1n) is 7.85. The molecule has 1 aliphatic carbocycles. The van der Waals surface area contributed by atoms with Gasteiger partial charge in [-0.1, -0.05) is 54.6 Å². The lowest BCUT2D eigenvalue weighted by Gasteiger charge is -2.15. The fourth-order valence-corrected chi connectivity index (χ4v) is 3.10. The van der Waals surface area contributed by atoms with E-state index in [1.807, 2.05) is 0 Å². The summed E-state index contributed by atoms with van der Waals surface area (Å²) in [5.74, 6) is 0. The highest BCUT2D eigenvalue weighted by molar-refractivity contribution is 5.76. The van der Waals surface area contributed by atoms with Gasteiger partial charge in [0, 0.05) is 6.04 Å². The molecule has 1 unspecified atom stereocenters. The van der Waals surface area contributed by atoms with Crippen LogP contribution in [0.3, 0.4) is 0 Å². The Bertz CT molecular complexity index is 655. The van der Waals surface area contributed by atoms with Gasteiger partial charge in [-0.15, -0.1) is 0 Å². The summed E-state index contributed by atoms with van der Waals surface area (Å²) in [7, 11) is 0. The highest BCUT2D eigenvalue weighted by Crippen LogP contribution is 2.37. The van der Waals surface area contributed by atoms with Crippen LogP contribution in [0.5, 0.6) is 0 Å². The minimum atomic E-state index is 0.407. The molecule has 1 heteroatoms. The zero-order chi connectivity index (χ0) is 14.7. The van der Waals surface area contributed by atoms with Crippen LogP contribution in [0.25, 0.3) is 11.1 Å². The fraction of sp³-hybridized carbons (Fsp3) is 0.300. The molecule has 0 heterocycles. The maximum Gasteiger partial charge on any atom is 0.0292 e. The molecule has 3 rings (SSSR count). The smallest absolute Gasteiger partial charge is 0.0292 e. The third-order valence-electron chi connectivity index (χ3n) is 4.31. The summed E-state index contributed by atoms with van der Waals surface area (Å²) in [6.45, 7) is 5.35. The topological polar surface area (TPSA) is 12.0 Å². The zero-order valence-electron chi connectivity index (χ0n) is 12.9. The van der Waals surface area contributed by atoms with Gasteiger partial charge in [-0.3, -0.25) is 0 Å². The van der Waals surface area contributed by atoms with Crippen molar-refractivity contribution in [3.63, 3.8) is 0 Å². The Balaban J connectivity index is 1.74. The van der Waals surface area contributed by atoms with E-state index in [9.17, 15) is 0 Å². The normalized spacial score (nSPS) is 14.2. The van der Waals surface area contributed by atoms with E-state index < -0.39 is 0 Å². The van der Waals surface area contributed by atoms with E-state index in [0.717, 1.165) is 19.4 Å². The molecule has 1 aliphatic rings. The lowest BCUT2D eigenvalue weighted by atomic mass is 10.0. The molecule has 0 aromatic heterocycles. The van der Waals surface area contributed by atoms with Crippen LogP contribution < -0.4 is 5.32 Å². The summed E-state index contributed by atoms with van der Waals surface area (Å²) in [6.07, 6.45) is 6.49. The molecule has 0 radical (unpaired) electrons. The van der Waals surface area contributed by atoms with Gasteiger partial charge in [-0.2, -0.15) is 0 Å². The molecule has 1 N–H and O–H groups in total. The number of allylic oxidation sites excluding steroid dienone is 1. The molecule has 0 amide bonds. The molecule has 0 saturated carbocycles. The summed E-state index contributed by atoms with van der Waals surface area (Å²) in [5, 5.41) is 3.59. The van der Waals surface area contributed by atoms with Gasteiger partial charge in [-0.05, 0) is 61.1 Å². The first kappa shape index (κ1) is 14.1. The number of nitrogens with one attached hydrogen (secondary N) is 1. The van der Waals surface area contributed by atoms with Crippen LogP contribution in [-0.4, -0.2) is 6.54 Å². The first-order chi connectivity index (χ1) is 10.3. The Morgan fingerprint density at radius 2 is 1.90 bits per heavy atom. The van der Waals surface area contributed by atoms with E-state index >= 15 is 0 Å². The van der Waals surface area contributed by atoms with Crippen LogP contribution in [0, 0.1) is 0 Å². The van der Waals surface area contributed by atoms with Crippen LogP contribution in [0.15, 0.2) is 54.6 Å². The van der Waals surface area contributed by atoms with Gasteiger partial charge in [0.05, 0.1) is 0 Å². The van der Waals surface area contributed by atoms with E-state index in [1.165, 1.54) is 27.8 Å². The number of benzene rings is 2. The second kappa shape index (κ2) is 6.28. The number of hydrogen-bond donors (Lipinski definition) is 1. The standard InChI is InChI=1S/C20H23N/c1-3-4-7-12-21-15(2)16-10-11-20-18(13-16)14-17-8-5-6-9-19(17)20/h3-6,8-11,13,15,21H,7,12,14H2,1-2H3/b4-3+. The second-order valence-corrected chi connectivity index (χ2v) is 5.78. The van der Waals surface area contributed by atoms with E-state index in [-0.39, 0.29) is 0 Å². The molecule has 0 fully saturated rings. The number of hydrogen-bond acceptors (Lipinski definition) is 1. The van der Waals surface area contributed by atoms with Crippen LogP contribution in [0.4, 0.5) is 0 Å². The monoisotopic (exact) mass is 277 g/mol. The third-order valence-corrected chi connectivity index (χ3v) is 4.31. The van der Waals surface area contributed by atoms with Crippen molar-refractivity contribution >= 4 is 0 Å². The Morgan fingerprint density at radius 1 is 1.10 bits per heavy atom. The minimum Gasteiger partial charge on any atom is -0.310 e. The van der Waals surface area contributed by atoms with E-state index in [0.29, 0.717) is 6.04 Å². The van der Waals surface area contributed by atoms with Crippen molar-refractivity contribution < 1.29 is 0 Å². The molecular weight excluding hydrogens is 254 g/mol. The molecule has 108 valence electrons. The molecule has 2 aromatic carbocycles. The van der Waals surface area contributed by atoms with Crippen molar-refractivity contribution in [2.24, 2.45) is 0 Å². The Labute approximate surface area is 127 Å². The van der Waals surface area contributed by atoms with Crippen molar-refractivity contribution in [1.82, 2.24) is 5.32 Å². The van der Waals surface area contributed by atoms with Gasteiger partial charge in [0.2, 0.25) is 0 Å². The summed E-state index contributed by atoms with van der Waals surface area (Å²) >= 11 is 0. The predicted molar refractivity (Wildman–Crippen MR) is 90.5 cm³/mol. The van der Waals surface area contributed by atoms with Crippen molar-refractivity contribution in [3.05, 3.63) is 71.3 Å². The summed E-state index contributed by atoms with van der Waals surface area (Å²) in [5.41, 5.74) is 7.14. The van der Waals surface area contributed by atoms with Gasteiger partial charge in [0.25, 0.3) is 0 Å². The van der Waals surface area contributed by atoms with Crippen LogP contribution >= 0.6 is 0 Å². The van der Waals surface area contributed by atoms with Gasteiger partial charge >= 0.3 is 0 Å². The molecule has 1 atom stereocenters. The SMILES string of the molecule is C/C=C/CCNC(C)c1ccc2c(c1)Cc1ccccc1-2.